The maximum Gasteiger partial charge on any atom is 0.247 e. The third-order valence-electron chi connectivity index (χ3n) is 6.62. The van der Waals surface area contributed by atoms with Gasteiger partial charge in [-0.15, -0.1) is 5.10 Å². The number of halogens is 1. The van der Waals surface area contributed by atoms with Crippen molar-refractivity contribution < 1.29 is 18.7 Å². The molecular weight excluding hydrogens is 485 g/mol. The van der Waals surface area contributed by atoms with Crippen molar-refractivity contribution in [3.05, 3.63) is 89.7 Å². The third-order valence-corrected chi connectivity index (χ3v) is 6.62. The molecule has 0 saturated heterocycles. The Morgan fingerprint density at radius 1 is 1.08 bits per heavy atom. The molecule has 1 aromatic heterocycles. The zero-order valence-corrected chi connectivity index (χ0v) is 22.0. The summed E-state index contributed by atoms with van der Waals surface area (Å²) in [4.78, 5) is 29.2. The molecule has 2 amide bonds. The lowest BCUT2D eigenvalue weighted by Gasteiger charge is -2.35. The van der Waals surface area contributed by atoms with Crippen molar-refractivity contribution in [2.24, 2.45) is 0 Å². The van der Waals surface area contributed by atoms with Gasteiger partial charge >= 0.3 is 0 Å². The summed E-state index contributed by atoms with van der Waals surface area (Å²) in [6.07, 6.45) is 0.650. The summed E-state index contributed by atoms with van der Waals surface area (Å²) >= 11 is 0. The number of para-hydroxylation sites is 1. The lowest BCUT2D eigenvalue weighted by Crippen LogP contribution is -2.50. The highest BCUT2D eigenvalue weighted by Crippen LogP contribution is 2.28. The molecule has 4 rings (SSSR count). The minimum atomic E-state index is -1.23. The van der Waals surface area contributed by atoms with Gasteiger partial charge in [0, 0.05) is 17.6 Å². The number of hydrogen-bond acceptors (Lipinski definition) is 5. The Bertz CT molecular complexity index is 1430. The van der Waals surface area contributed by atoms with Crippen LogP contribution >= 0.6 is 0 Å². The van der Waals surface area contributed by atoms with E-state index in [1.807, 2.05) is 45.0 Å². The minimum absolute atomic E-state index is 0.0433. The van der Waals surface area contributed by atoms with Gasteiger partial charge in [-0.3, -0.25) is 9.59 Å². The maximum atomic E-state index is 15.2. The van der Waals surface area contributed by atoms with Crippen molar-refractivity contribution in [1.82, 2.24) is 25.2 Å². The van der Waals surface area contributed by atoms with E-state index in [0.717, 1.165) is 5.56 Å². The first-order chi connectivity index (χ1) is 18.2. The molecule has 198 valence electrons. The molecule has 1 heterocycles. The number of ether oxygens (including phenoxy) is 1. The van der Waals surface area contributed by atoms with E-state index in [2.05, 4.69) is 15.6 Å². The van der Waals surface area contributed by atoms with Crippen LogP contribution in [0, 0.1) is 5.82 Å². The molecule has 0 saturated carbocycles. The van der Waals surface area contributed by atoms with Crippen LogP contribution in [-0.4, -0.2) is 44.4 Å². The number of fused-ring (bicyclic) bond motifs is 1. The van der Waals surface area contributed by atoms with E-state index in [4.69, 9.17) is 4.74 Å². The molecule has 0 aliphatic heterocycles. The van der Waals surface area contributed by atoms with E-state index in [0.29, 0.717) is 23.2 Å². The number of carbonyl (C=O) groups is 2. The molecule has 0 aliphatic carbocycles. The number of rotatable bonds is 10. The molecule has 3 aromatic carbocycles. The fourth-order valence-corrected chi connectivity index (χ4v) is 4.18. The van der Waals surface area contributed by atoms with Gasteiger partial charge in [0.2, 0.25) is 11.8 Å². The molecule has 1 N–H and O–H groups in total. The topological polar surface area (TPSA) is 89.4 Å². The summed E-state index contributed by atoms with van der Waals surface area (Å²) in [7, 11) is 1.56. The van der Waals surface area contributed by atoms with Gasteiger partial charge in [0.25, 0.3) is 0 Å². The fourth-order valence-electron chi connectivity index (χ4n) is 4.18. The fraction of sp³-hybridized carbons (Fsp3) is 0.310. The van der Waals surface area contributed by atoms with Crippen molar-refractivity contribution >= 4 is 22.8 Å². The summed E-state index contributed by atoms with van der Waals surface area (Å²) in [5.41, 5.74) is 1.60. The van der Waals surface area contributed by atoms with Gasteiger partial charge in [0.1, 0.15) is 29.7 Å². The number of nitrogens with zero attached hydrogens (tertiary/aromatic N) is 4. The molecule has 38 heavy (non-hydrogen) atoms. The van der Waals surface area contributed by atoms with Crippen molar-refractivity contribution in [3.63, 3.8) is 0 Å². The van der Waals surface area contributed by atoms with E-state index in [1.165, 1.54) is 21.7 Å². The maximum absolute atomic E-state index is 15.2. The van der Waals surface area contributed by atoms with E-state index in [9.17, 15) is 9.59 Å². The van der Waals surface area contributed by atoms with Crippen LogP contribution in [-0.2, 0) is 22.7 Å². The quantitative estimate of drug-likeness (QED) is 0.331. The van der Waals surface area contributed by atoms with Crippen LogP contribution in [0.15, 0.2) is 72.8 Å². The van der Waals surface area contributed by atoms with Gasteiger partial charge < -0.3 is 15.0 Å². The monoisotopic (exact) mass is 517 g/mol. The van der Waals surface area contributed by atoms with Crippen LogP contribution in [0.4, 0.5) is 4.39 Å². The van der Waals surface area contributed by atoms with Crippen LogP contribution in [0.5, 0.6) is 5.75 Å². The number of methoxy groups -OCH3 is 1. The highest BCUT2D eigenvalue weighted by Gasteiger charge is 2.36. The summed E-state index contributed by atoms with van der Waals surface area (Å²) in [6, 6.07) is 19.3. The van der Waals surface area contributed by atoms with Crippen LogP contribution in [0.3, 0.4) is 0 Å². The number of amides is 2. The van der Waals surface area contributed by atoms with E-state index >= 15 is 4.39 Å². The molecule has 8 nitrogen and oxygen atoms in total. The van der Waals surface area contributed by atoms with Gasteiger partial charge in [0.15, 0.2) is 0 Å². The van der Waals surface area contributed by atoms with Crippen LogP contribution in [0.25, 0.3) is 11.0 Å². The SMILES string of the molecule is CCC(C)(C)NC(=O)[C@@H](c1ccccc1F)N(Cc1cccc(OC)c1)C(=O)Cn1nnc2ccccc21. The second-order valence-corrected chi connectivity index (χ2v) is 9.76. The smallest absolute Gasteiger partial charge is 0.247 e. The average Bonchev–Trinajstić information content (AvgIpc) is 3.31. The first kappa shape index (κ1) is 26.8. The second kappa shape index (κ2) is 11.4. The standard InChI is InChI=1S/C29H32FN5O3/c1-5-29(2,3)31-28(37)27(22-13-6-7-14-23(22)30)34(18-20-11-10-12-21(17-20)38-4)26(36)19-35-25-16-9-8-15-24(25)32-33-35/h6-17,27H,5,18-19H2,1-4H3,(H,31,37)/t27-/m1/s1. The zero-order chi connectivity index (χ0) is 27.3. The molecule has 4 aromatic rings. The van der Waals surface area contributed by atoms with Crippen molar-refractivity contribution in [2.75, 3.05) is 7.11 Å². The van der Waals surface area contributed by atoms with Crippen molar-refractivity contribution in [3.8, 4) is 5.75 Å². The molecule has 0 aliphatic rings. The largest absolute Gasteiger partial charge is 0.497 e. The van der Waals surface area contributed by atoms with Gasteiger partial charge in [-0.1, -0.05) is 54.6 Å². The predicted octanol–water partition coefficient (Wildman–Crippen LogP) is 4.65. The number of hydrogen-bond donors (Lipinski definition) is 1. The molecule has 0 spiro atoms. The average molecular weight is 518 g/mol. The number of aromatic nitrogens is 3. The van der Waals surface area contributed by atoms with Crippen LogP contribution in [0.1, 0.15) is 44.4 Å². The summed E-state index contributed by atoms with van der Waals surface area (Å²) in [5.74, 6) is -0.851. The van der Waals surface area contributed by atoms with Crippen LogP contribution in [0.2, 0.25) is 0 Å². The first-order valence-electron chi connectivity index (χ1n) is 12.5. The summed E-state index contributed by atoms with van der Waals surface area (Å²) in [6.45, 7) is 5.59. The third kappa shape index (κ3) is 5.99. The number of benzene rings is 3. The van der Waals surface area contributed by atoms with Crippen LogP contribution < -0.4 is 10.1 Å². The molecule has 0 fully saturated rings. The number of nitrogens with one attached hydrogen (secondary N) is 1. The number of carbonyl (C=O) groups excluding carboxylic acids is 2. The highest BCUT2D eigenvalue weighted by atomic mass is 19.1. The first-order valence-corrected chi connectivity index (χ1v) is 12.5. The van der Waals surface area contributed by atoms with Gasteiger partial charge in [-0.2, -0.15) is 0 Å². The molecule has 0 bridgehead atoms. The van der Waals surface area contributed by atoms with E-state index in [-0.39, 0.29) is 18.7 Å². The van der Waals surface area contributed by atoms with E-state index < -0.39 is 29.2 Å². The summed E-state index contributed by atoms with van der Waals surface area (Å²) < 4.78 is 22.1. The van der Waals surface area contributed by atoms with Crippen molar-refractivity contribution in [1.29, 1.82) is 0 Å². The Labute approximate surface area is 221 Å². The van der Waals surface area contributed by atoms with Gasteiger partial charge in [-0.25, -0.2) is 9.07 Å². The van der Waals surface area contributed by atoms with Crippen molar-refractivity contribution in [2.45, 2.75) is 51.9 Å². The normalized spacial score (nSPS) is 12.2. The Hall–Kier alpha value is -4.27. The Morgan fingerprint density at radius 3 is 2.55 bits per heavy atom. The van der Waals surface area contributed by atoms with Gasteiger partial charge in [-0.05, 0) is 56.2 Å². The Morgan fingerprint density at radius 2 is 1.82 bits per heavy atom. The minimum Gasteiger partial charge on any atom is -0.497 e. The summed E-state index contributed by atoms with van der Waals surface area (Å²) in [5, 5.41) is 11.3. The molecule has 0 radical (unpaired) electrons. The molecule has 9 heteroatoms. The second-order valence-electron chi connectivity index (χ2n) is 9.76. The lowest BCUT2D eigenvalue weighted by molar-refractivity contribution is -0.143. The van der Waals surface area contributed by atoms with Gasteiger partial charge in [0.05, 0.1) is 12.6 Å². The predicted molar refractivity (Wildman–Crippen MR) is 143 cm³/mol. The molecule has 0 unspecified atom stereocenters. The highest BCUT2D eigenvalue weighted by molar-refractivity contribution is 5.89. The zero-order valence-electron chi connectivity index (χ0n) is 22.0. The molecule has 1 atom stereocenters. The molecular formula is C29H32FN5O3. The lowest BCUT2D eigenvalue weighted by atomic mass is 9.98. The van der Waals surface area contributed by atoms with E-state index in [1.54, 1.807) is 43.5 Å². The Balaban J connectivity index is 1.79. The Kier molecular flexibility index (Phi) is 8.05.